The summed E-state index contributed by atoms with van der Waals surface area (Å²) in [5.74, 6) is 1.37. The van der Waals surface area contributed by atoms with Gasteiger partial charge in [-0.1, -0.05) is 22.7 Å². The van der Waals surface area contributed by atoms with Crippen molar-refractivity contribution in [2.75, 3.05) is 22.1 Å². The molecule has 2 N–H and O–H groups in total. The van der Waals surface area contributed by atoms with Crippen molar-refractivity contribution in [3.8, 4) is 0 Å². The van der Waals surface area contributed by atoms with E-state index < -0.39 is 0 Å². The van der Waals surface area contributed by atoms with Crippen molar-refractivity contribution in [3.63, 3.8) is 0 Å². The average molecular weight is 505 g/mol. The van der Waals surface area contributed by atoms with Crippen LogP contribution in [0.2, 0.25) is 0 Å². The molecule has 0 unspecified atom stereocenters. The van der Waals surface area contributed by atoms with E-state index in [1.54, 1.807) is 58.0 Å². The van der Waals surface area contributed by atoms with E-state index in [-0.39, 0.29) is 24.9 Å². The number of hydrogen-bond donors (Lipinski definition) is 2. The van der Waals surface area contributed by atoms with E-state index in [0.29, 0.717) is 10.3 Å². The van der Waals surface area contributed by atoms with Gasteiger partial charge in [-0.05, 0) is 23.6 Å². The fourth-order valence-corrected chi connectivity index (χ4v) is 5.28. The van der Waals surface area contributed by atoms with E-state index in [4.69, 9.17) is 0 Å². The highest BCUT2D eigenvalue weighted by atomic mass is 32.2. The zero-order chi connectivity index (χ0) is 22.9. The summed E-state index contributed by atoms with van der Waals surface area (Å²) in [6.45, 7) is 0.276. The summed E-state index contributed by atoms with van der Waals surface area (Å²) < 4.78 is 3.09. The van der Waals surface area contributed by atoms with Crippen LogP contribution in [0.3, 0.4) is 0 Å². The largest absolute Gasteiger partial charge is 0.299 e. The van der Waals surface area contributed by atoms with E-state index in [1.165, 1.54) is 22.7 Å². The monoisotopic (exact) mass is 504 g/mol. The summed E-state index contributed by atoms with van der Waals surface area (Å²) in [6, 6.07) is 3.53. The molecule has 172 valence electrons. The van der Waals surface area contributed by atoms with Crippen LogP contribution in [0.1, 0.15) is 10.0 Å². The molecule has 4 rings (SSSR count). The van der Waals surface area contributed by atoms with E-state index in [2.05, 4.69) is 41.2 Å². The highest BCUT2D eigenvalue weighted by Gasteiger charge is 2.11. The summed E-state index contributed by atoms with van der Waals surface area (Å²) in [4.78, 5) is 24.0. The van der Waals surface area contributed by atoms with Crippen molar-refractivity contribution in [1.29, 1.82) is 0 Å². The molecule has 12 nitrogen and oxygen atoms in total. The number of thioether (sulfide) groups is 1. The first kappa shape index (κ1) is 23.0. The van der Waals surface area contributed by atoms with Gasteiger partial charge in [0, 0.05) is 37.6 Å². The van der Waals surface area contributed by atoms with Crippen molar-refractivity contribution in [1.82, 2.24) is 40.0 Å². The predicted octanol–water partition coefficient (Wildman–Crippen LogP) is 1.58. The van der Waals surface area contributed by atoms with Gasteiger partial charge >= 0.3 is 0 Å². The Hall–Kier alpha value is -3.17. The number of rotatable bonds is 12. The highest BCUT2D eigenvalue weighted by Crippen LogP contribution is 2.19. The van der Waals surface area contributed by atoms with Gasteiger partial charge in [0.15, 0.2) is 0 Å². The number of carbonyl (C=O) groups excluding carboxylic acids is 2. The molecule has 4 aromatic rings. The third kappa shape index (κ3) is 7.44. The lowest BCUT2D eigenvalue weighted by molar-refractivity contribution is -0.117. The average Bonchev–Trinajstić information content (AvgIpc) is 3.57. The van der Waals surface area contributed by atoms with Gasteiger partial charge in [0.25, 0.3) is 0 Å². The van der Waals surface area contributed by atoms with Gasteiger partial charge < -0.3 is 0 Å². The number of aryl methyl sites for hydroxylation is 2. The smallest absolute Gasteiger partial charge is 0.247 e. The molecule has 0 aromatic carbocycles. The Morgan fingerprint density at radius 3 is 1.70 bits per heavy atom. The molecule has 4 heterocycles. The lowest BCUT2D eigenvalue weighted by Crippen LogP contribution is -2.18. The van der Waals surface area contributed by atoms with Crippen LogP contribution in [0.5, 0.6) is 0 Å². The molecule has 0 fully saturated rings. The summed E-state index contributed by atoms with van der Waals surface area (Å²) >= 11 is 4.52. The number of anilines is 2. The first-order valence-electron chi connectivity index (χ1n) is 9.91. The van der Waals surface area contributed by atoms with Crippen LogP contribution in [0.4, 0.5) is 10.3 Å². The van der Waals surface area contributed by atoms with Crippen LogP contribution in [0, 0.1) is 0 Å². The third-order valence-electron chi connectivity index (χ3n) is 4.08. The number of amides is 2. The van der Waals surface area contributed by atoms with E-state index in [1.807, 2.05) is 0 Å². The Labute approximate surface area is 200 Å². The zero-order valence-electron chi connectivity index (χ0n) is 17.3. The van der Waals surface area contributed by atoms with Gasteiger partial charge in [-0.15, -0.1) is 20.4 Å². The Balaban J connectivity index is 1.11. The van der Waals surface area contributed by atoms with Gasteiger partial charge in [0.1, 0.15) is 23.1 Å². The number of nitrogens with one attached hydrogen (secondary N) is 2. The molecular formula is C18H20N10O2S3. The van der Waals surface area contributed by atoms with Crippen molar-refractivity contribution in [2.45, 2.75) is 25.9 Å². The van der Waals surface area contributed by atoms with Crippen LogP contribution in [-0.2, 0) is 35.5 Å². The van der Waals surface area contributed by atoms with Crippen LogP contribution in [0.25, 0.3) is 0 Å². The Morgan fingerprint density at radius 2 is 1.27 bits per heavy atom. The SMILES string of the molecule is O=C(Cn1cccn1)Nc1nnc(CCSCCc2nnc(NC(=O)Cn3cccn3)s2)s1. The lowest BCUT2D eigenvalue weighted by atomic mass is 10.5. The normalized spacial score (nSPS) is 10.9. The van der Waals surface area contributed by atoms with Crippen LogP contribution >= 0.6 is 34.4 Å². The second-order valence-electron chi connectivity index (χ2n) is 6.62. The Kier molecular flexibility index (Phi) is 8.10. The molecule has 0 aliphatic rings. The molecule has 33 heavy (non-hydrogen) atoms. The summed E-state index contributed by atoms with van der Waals surface area (Å²) in [7, 11) is 0. The second-order valence-corrected chi connectivity index (χ2v) is 9.97. The molecule has 0 aliphatic carbocycles. The summed E-state index contributed by atoms with van der Waals surface area (Å²) in [5, 5.41) is 32.5. The number of nitrogens with zero attached hydrogens (tertiary/aromatic N) is 8. The standard InChI is InChI=1S/C18H20N10O2S3/c29-13(11-27-7-1-5-19-27)21-17-25-23-15(32-17)3-9-31-10-4-16-24-26-18(33-16)22-14(30)12-28-8-2-6-20-28/h1-2,5-8H,3-4,9-12H2,(H,21,25,29)(H,22,26,30). The Bertz CT molecular complexity index is 1070. The number of carbonyl (C=O) groups is 2. The summed E-state index contributed by atoms with van der Waals surface area (Å²) in [6.07, 6.45) is 8.23. The number of aromatic nitrogens is 8. The molecule has 0 spiro atoms. The molecular weight excluding hydrogens is 484 g/mol. The van der Waals surface area contributed by atoms with Crippen LogP contribution in [-0.4, -0.2) is 63.3 Å². The maximum absolute atomic E-state index is 12.0. The Morgan fingerprint density at radius 1 is 0.788 bits per heavy atom. The van der Waals surface area contributed by atoms with Crippen molar-refractivity contribution in [3.05, 3.63) is 46.9 Å². The third-order valence-corrected chi connectivity index (χ3v) is 6.86. The van der Waals surface area contributed by atoms with Gasteiger partial charge in [-0.3, -0.25) is 29.6 Å². The van der Waals surface area contributed by atoms with Crippen LogP contribution in [0.15, 0.2) is 36.9 Å². The maximum atomic E-state index is 12.0. The fourth-order valence-electron chi connectivity index (χ4n) is 2.63. The van der Waals surface area contributed by atoms with E-state index >= 15 is 0 Å². The van der Waals surface area contributed by atoms with Crippen molar-refractivity contribution >= 4 is 56.5 Å². The molecule has 2 amide bonds. The van der Waals surface area contributed by atoms with Crippen molar-refractivity contribution in [2.24, 2.45) is 0 Å². The zero-order valence-corrected chi connectivity index (χ0v) is 19.8. The van der Waals surface area contributed by atoms with Crippen molar-refractivity contribution < 1.29 is 9.59 Å². The number of hydrogen-bond acceptors (Lipinski definition) is 11. The fraction of sp³-hybridized carbons (Fsp3) is 0.333. The first-order chi connectivity index (χ1) is 16.1. The summed E-state index contributed by atoms with van der Waals surface area (Å²) in [5.41, 5.74) is 0. The molecule has 0 saturated heterocycles. The molecule has 0 saturated carbocycles. The molecule has 0 aliphatic heterocycles. The minimum Gasteiger partial charge on any atom is -0.299 e. The topological polar surface area (TPSA) is 145 Å². The molecule has 0 bridgehead atoms. The van der Waals surface area contributed by atoms with E-state index in [9.17, 15) is 9.59 Å². The van der Waals surface area contributed by atoms with Gasteiger partial charge in [0.05, 0.1) is 0 Å². The molecule has 15 heteroatoms. The van der Waals surface area contributed by atoms with Gasteiger partial charge in [-0.2, -0.15) is 22.0 Å². The second kappa shape index (κ2) is 11.6. The molecule has 0 radical (unpaired) electrons. The van der Waals surface area contributed by atoms with Gasteiger partial charge in [0.2, 0.25) is 22.1 Å². The minimum atomic E-state index is -0.190. The highest BCUT2D eigenvalue weighted by molar-refractivity contribution is 7.99. The minimum absolute atomic E-state index is 0.138. The van der Waals surface area contributed by atoms with E-state index in [0.717, 1.165) is 34.4 Å². The predicted molar refractivity (Wildman–Crippen MR) is 126 cm³/mol. The molecule has 0 atom stereocenters. The lowest BCUT2D eigenvalue weighted by Gasteiger charge is -2.00. The quantitative estimate of drug-likeness (QED) is 0.275. The van der Waals surface area contributed by atoms with Crippen LogP contribution < -0.4 is 10.6 Å². The van der Waals surface area contributed by atoms with Gasteiger partial charge in [-0.25, -0.2) is 0 Å². The first-order valence-corrected chi connectivity index (χ1v) is 12.7. The maximum Gasteiger partial charge on any atom is 0.247 e. The molecule has 4 aromatic heterocycles.